The van der Waals surface area contributed by atoms with E-state index in [4.69, 9.17) is 5.11 Å². The van der Waals surface area contributed by atoms with E-state index in [9.17, 15) is 9.59 Å². The summed E-state index contributed by atoms with van der Waals surface area (Å²) in [4.78, 5) is 21.7. The molecule has 0 heterocycles. The first-order valence-electron chi connectivity index (χ1n) is 5.39. The number of benzene rings is 1. The molecule has 0 aliphatic carbocycles. The minimum Gasteiger partial charge on any atom is -0.508 e. The van der Waals surface area contributed by atoms with E-state index < -0.39 is 12.0 Å². The number of rotatable bonds is 6. The van der Waals surface area contributed by atoms with Gasteiger partial charge < -0.3 is 15.2 Å². The first-order chi connectivity index (χ1) is 8.67. The monoisotopic (exact) mass is 249 g/mol. The summed E-state index contributed by atoms with van der Waals surface area (Å²) in [5.74, 6) is -0.249. The van der Waals surface area contributed by atoms with Crippen molar-refractivity contribution < 1.29 is 19.4 Å². The number of phenolic OH excluding ortho intramolecular Hbond substituents is 1. The van der Waals surface area contributed by atoms with E-state index in [1.54, 1.807) is 24.3 Å². The lowest BCUT2D eigenvalue weighted by Gasteiger charge is -2.14. The summed E-state index contributed by atoms with van der Waals surface area (Å²) in [6.45, 7) is 0. The number of allylic oxidation sites excluding steroid dienone is 1. The van der Waals surface area contributed by atoms with Gasteiger partial charge in [-0.15, -0.1) is 0 Å². The highest BCUT2D eigenvalue weighted by atomic mass is 16.5. The Hall–Kier alpha value is -2.30. The van der Waals surface area contributed by atoms with Crippen molar-refractivity contribution in [3.05, 3.63) is 42.1 Å². The molecular formula is C13H15NO4. The van der Waals surface area contributed by atoms with Gasteiger partial charge in [0.25, 0.3) is 0 Å². The van der Waals surface area contributed by atoms with Crippen molar-refractivity contribution in [2.24, 2.45) is 0 Å². The van der Waals surface area contributed by atoms with E-state index in [0.29, 0.717) is 12.7 Å². The van der Waals surface area contributed by atoms with Crippen LogP contribution in [0.3, 0.4) is 0 Å². The Bertz CT molecular complexity index is 425. The number of aromatic hydroxyl groups is 1. The molecule has 18 heavy (non-hydrogen) atoms. The Balaban J connectivity index is 2.71. The standard InChI is InChI=1S/C13H15NO4/c1-18-13(17)12(14-7-2-8-15)9-10-3-5-11(16)6-4-10/h2-8,12,14,16H,9H2,1H3/t12-/m0/s1. The number of hydrogen-bond donors (Lipinski definition) is 2. The molecule has 0 aromatic heterocycles. The molecule has 0 bridgehead atoms. The Morgan fingerprint density at radius 3 is 2.67 bits per heavy atom. The summed E-state index contributed by atoms with van der Waals surface area (Å²) in [5.41, 5.74) is 0.871. The van der Waals surface area contributed by atoms with Crippen LogP contribution < -0.4 is 5.32 Å². The first-order valence-corrected chi connectivity index (χ1v) is 5.39. The highest BCUT2D eigenvalue weighted by molar-refractivity contribution is 5.76. The predicted molar refractivity (Wildman–Crippen MR) is 66.0 cm³/mol. The van der Waals surface area contributed by atoms with E-state index >= 15 is 0 Å². The number of aldehydes is 1. The molecule has 0 fully saturated rings. The maximum Gasteiger partial charge on any atom is 0.328 e. The molecule has 0 saturated heterocycles. The highest BCUT2D eigenvalue weighted by Gasteiger charge is 2.17. The quantitative estimate of drug-likeness (QED) is 0.442. The Labute approximate surface area is 105 Å². The van der Waals surface area contributed by atoms with Gasteiger partial charge in [-0.3, -0.25) is 4.79 Å². The second-order valence-electron chi connectivity index (χ2n) is 3.61. The molecule has 0 unspecified atom stereocenters. The third-order valence-corrected chi connectivity index (χ3v) is 2.33. The fourth-order valence-electron chi connectivity index (χ4n) is 1.43. The number of phenols is 1. The number of nitrogens with one attached hydrogen (secondary N) is 1. The van der Waals surface area contributed by atoms with Crippen LogP contribution in [-0.2, 0) is 20.7 Å². The molecule has 0 saturated carbocycles. The minimum atomic E-state index is -0.573. The van der Waals surface area contributed by atoms with Crippen molar-refractivity contribution in [3.63, 3.8) is 0 Å². The van der Waals surface area contributed by atoms with Crippen LogP contribution in [-0.4, -0.2) is 30.5 Å². The van der Waals surface area contributed by atoms with Crippen molar-refractivity contribution in [2.45, 2.75) is 12.5 Å². The number of ether oxygens (including phenoxy) is 1. The molecule has 1 aromatic rings. The second-order valence-corrected chi connectivity index (χ2v) is 3.61. The van der Waals surface area contributed by atoms with Crippen molar-refractivity contribution in [2.75, 3.05) is 7.11 Å². The molecule has 5 heteroatoms. The maximum atomic E-state index is 11.5. The molecule has 0 spiro atoms. The molecule has 0 aliphatic heterocycles. The van der Waals surface area contributed by atoms with Gasteiger partial charge in [-0.1, -0.05) is 12.1 Å². The smallest absolute Gasteiger partial charge is 0.328 e. The number of carbonyl (C=O) groups is 2. The van der Waals surface area contributed by atoms with Crippen LogP contribution >= 0.6 is 0 Å². The lowest BCUT2D eigenvalue weighted by molar-refractivity contribution is -0.142. The van der Waals surface area contributed by atoms with Gasteiger partial charge in [0.05, 0.1) is 7.11 Å². The van der Waals surface area contributed by atoms with E-state index in [0.717, 1.165) is 5.56 Å². The SMILES string of the molecule is COC(=O)[C@H](Cc1ccc(O)cc1)NC=CC=O. The summed E-state index contributed by atoms with van der Waals surface area (Å²) in [6.07, 6.45) is 3.67. The molecule has 2 N–H and O–H groups in total. The van der Waals surface area contributed by atoms with E-state index in [1.165, 1.54) is 19.4 Å². The average molecular weight is 249 g/mol. The van der Waals surface area contributed by atoms with Crippen LogP contribution in [0, 0.1) is 0 Å². The molecule has 0 amide bonds. The van der Waals surface area contributed by atoms with Crippen LogP contribution in [0.1, 0.15) is 5.56 Å². The van der Waals surface area contributed by atoms with Crippen molar-refractivity contribution in [1.29, 1.82) is 0 Å². The molecule has 0 radical (unpaired) electrons. The zero-order chi connectivity index (χ0) is 13.4. The second kappa shape index (κ2) is 7.11. The lowest BCUT2D eigenvalue weighted by atomic mass is 10.1. The molecule has 5 nitrogen and oxygen atoms in total. The first kappa shape index (κ1) is 13.8. The average Bonchev–Trinajstić information content (AvgIpc) is 2.39. The number of carbonyl (C=O) groups excluding carboxylic acids is 2. The van der Waals surface area contributed by atoms with Crippen molar-refractivity contribution >= 4 is 12.3 Å². The molecule has 96 valence electrons. The third-order valence-electron chi connectivity index (χ3n) is 2.33. The van der Waals surface area contributed by atoms with E-state index in [2.05, 4.69) is 10.1 Å². The van der Waals surface area contributed by atoms with Crippen LogP contribution in [0.5, 0.6) is 5.75 Å². The molecule has 1 aromatic carbocycles. The maximum absolute atomic E-state index is 11.5. The van der Waals surface area contributed by atoms with Gasteiger partial charge in [-0.25, -0.2) is 4.79 Å². The van der Waals surface area contributed by atoms with Crippen LogP contribution in [0.4, 0.5) is 0 Å². The van der Waals surface area contributed by atoms with Gasteiger partial charge in [0.2, 0.25) is 0 Å². The van der Waals surface area contributed by atoms with Gasteiger partial charge >= 0.3 is 5.97 Å². The van der Waals surface area contributed by atoms with Gasteiger partial charge in [0.1, 0.15) is 18.1 Å². The molecule has 1 rings (SSSR count). The third kappa shape index (κ3) is 4.29. The zero-order valence-electron chi connectivity index (χ0n) is 10.00. The molecule has 1 atom stereocenters. The normalized spacial score (nSPS) is 12.1. The number of methoxy groups -OCH3 is 1. The van der Waals surface area contributed by atoms with Crippen LogP contribution in [0.25, 0.3) is 0 Å². The Kier molecular flexibility index (Phi) is 5.44. The summed E-state index contributed by atoms with van der Waals surface area (Å²) in [7, 11) is 1.30. The fourth-order valence-corrected chi connectivity index (χ4v) is 1.43. The summed E-state index contributed by atoms with van der Waals surface area (Å²) in [6, 6.07) is 5.96. The van der Waals surface area contributed by atoms with Crippen LogP contribution in [0.2, 0.25) is 0 Å². The molecule has 0 aliphatic rings. The predicted octanol–water partition coefficient (Wildman–Crippen LogP) is 0.778. The lowest BCUT2D eigenvalue weighted by Crippen LogP contribution is -2.36. The van der Waals surface area contributed by atoms with E-state index in [-0.39, 0.29) is 5.75 Å². The fraction of sp³-hybridized carbons (Fsp3) is 0.231. The largest absolute Gasteiger partial charge is 0.508 e. The number of hydrogen-bond acceptors (Lipinski definition) is 5. The minimum absolute atomic E-state index is 0.169. The topological polar surface area (TPSA) is 75.6 Å². The van der Waals surface area contributed by atoms with Crippen molar-refractivity contribution in [3.8, 4) is 5.75 Å². The zero-order valence-corrected chi connectivity index (χ0v) is 10.00. The van der Waals surface area contributed by atoms with Gasteiger partial charge in [0, 0.05) is 12.6 Å². The highest BCUT2D eigenvalue weighted by Crippen LogP contribution is 2.11. The summed E-state index contributed by atoms with van der Waals surface area (Å²) >= 11 is 0. The van der Waals surface area contributed by atoms with Gasteiger partial charge in [0.15, 0.2) is 0 Å². The van der Waals surface area contributed by atoms with Crippen molar-refractivity contribution in [1.82, 2.24) is 5.32 Å². The van der Waals surface area contributed by atoms with Gasteiger partial charge in [-0.05, 0) is 23.8 Å². The Morgan fingerprint density at radius 2 is 2.11 bits per heavy atom. The Morgan fingerprint density at radius 1 is 1.44 bits per heavy atom. The van der Waals surface area contributed by atoms with E-state index in [1.807, 2.05) is 0 Å². The molecular weight excluding hydrogens is 234 g/mol. The van der Waals surface area contributed by atoms with Crippen LogP contribution in [0.15, 0.2) is 36.5 Å². The van der Waals surface area contributed by atoms with Gasteiger partial charge in [-0.2, -0.15) is 0 Å². The number of esters is 1. The summed E-state index contributed by atoms with van der Waals surface area (Å²) < 4.78 is 4.67. The summed E-state index contributed by atoms with van der Waals surface area (Å²) in [5, 5.41) is 11.9.